The minimum atomic E-state index is -1.10. The van der Waals surface area contributed by atoms with Gasteiger partial charge in [0.15, 0.2) is 0 Å². The van der Waals surface area contributed by atoms with Gasteiger partial charge in [-0.25, -0.2) is 0 Å². The number of hydrogen-bond acceptors (Lipinski definition) is 1. The van der Waals surface area contributed by atoms with Crippen LogP contribution in [0.2, 0.25) is 24.7 Å². The predicted molar refractivity (Wildman–Crippen MR) is 71.6 cm³/mol. The van der Waals surface area contributed by atoms with Crippen molar-refractivity contribution in [3.8, 4) is 0 Å². The van der Waals surface area contributed by atoms with Gasteiger partial charge in [-0.3, -0.25) is 0 Å². The molecule has 0 unspecified atom stereocenters. The predicted octanol–water partition coefficient (Wildman–Crippen LogP) is 4.21. The first-order valence-corrected chi connectivity index (χ1v) is 9.51. The Kier molecular flexibility index (Phi) is 3.24. The Morgan fingerprint density at radius 3 is 2.38 bits per heavy atom. The van der Waals surface area contributed by atoms with Crippen LogP contribution in [0.25, 0.3) is 0 Å². The van der Waals surface area contributed by atoms with Crippen LogP contribution in [0.1, 0.15) is 11.7 Å². The lowest BCUT2D eigenvalue weighted by Gasteiger charge is -2.07. The van der Waals surface area contributed by atoms with Gasteiger partial charge in [0.05, 0.1) is 8.07 Å². The summed E-state index contributed by atoms with van der Waals surface area (Å²) in [5.74, 6) is 0. The fourth-order valence-corrected chi connectivity index (χ4v) is 2.47. The number of halogens is 1. The van der Waals surface area contributed by atoms with Crippen LogP contribution in [0, 0.1) is 0 Å². The second kappa shape index (κ2) is 4.36. The average molecular weight is 253 g/mol. The van der Waals surface area contributed by atoms with Gasteiger partial charge in [0.25, 0.3) is 0 Å². The van der Waals surface area contributed by atoms with Crippen molar-refractivity contribution in [2.75, 3.05) is 0 Å². The van der Waals surface area contributed by atoms with Crippen molar-refractivity contribution in [1.29, 1.82) is 0 Å². The number of epoxide rings is 1. The normalized spacial score (nSPS) is 25.0. The maximum Gasteiger partial charge on any atom is 0.113 e. The second-order valence-corrected chi connectivity index (χ2v) is 10.8. The molecule has 0 spiro atoms. The molecule has 1 saturated heterocycles. The summed E-state index contributed by atoms with van der Waals surface area (Å²) in [7, 11) is -1.10. The number of hydrogen-bond donors (Lipinski definition) is 0. The molecule has 1 aliphatic rings. The Morgan fingerprint density at radius 1 is 1.19 bits per heavy atom. The topological polar surface area (TPSA) is 12.5 Å². The Hall–Kier alpha value is -0.573. The van der Waals surface area contributed by atoms with E-state index >= 15 is 0 Å². The Bertz CT molecular complexity index is 391. The fraction of sp³-hybridized carbons (Fsp3) is 0.385. The second-order valence-electron chi connectivity index (χ2n) is 5.30. The molecule has 86 valence electrons. The molecule has 2 rings (SSSR count). The zero-order valence-corrected chi connectivity index (χ0v) is 11.7. The van der Waals surface area contributed by atoms with Gasteiger partial charge in [-0.2, -0.15) is 0 Å². The highest BCUT2D eigenvalue weighted by molar-refractivity contribution is 6.80. The highest BCUT2D eigenvalue weighted by atomic mass is 35.5. The Labute approximate surface area is 103 Å². The van der Waals surface area contributed by atoms with Gasteiger partial charge in [-0.1, -0.05) is 55.2 Å². The van der Waals surface area contributed by atoms with Crippen LogP contribution in [0.3, 0.4) is 0 Å². The van der Waals surface area contributed by atoms with E-state index in [2.05, 4.69) is 31.4 Å². The van der Waals surface area contributed by atoms with Crippen LogP contribution in [0.15, 0.2) is 36.0 Å². The number of rotatable bonds is 3. The molecule has 0 saturated carbocycles. The molecular formula is C13H17ClOSi. The van der Waals surface area contributed by atoms with Crippen LogP contribution in [-0.4, -0.2) is 14.2 Å². The van der Waals surface area contributed by atoms with E-state index in [9.17, 15) is 0 Å². The van der Waals surface area contributed by atoms with E-state index in [-0.39, 0.29) is 12.2 Å². The summed E-state index contributed by atoms with van der Waals surface area (Å²) in [5.41, 5.74) is 3.56. The van der Waals surface area contributed by atoms with E-state index in [0.29, 0.717) is 0 Å². The van der Waals surface area contributed by atoms with Crippen LogP contribution >= 0.6 is 11.6 Å². The molecule has 0 aromatic heterocycles. The van der Waals surface area contributed by atoms with Crippen molar-refractivity contribution in [2.24, 2.45) is 0 Å². The van der Waals surface area contributed by atoms with Crippen molar-refractivity contribution < 1.29 is 4.74 Å². The summed E-state index contributed by atoms with van der Waals surface area (Å²) in [6, 6.07) is 7.90. The van der Waals surface area contributed by atoms with Gasteiger partial charge < -0.3 is 4.74 Å². The summed E-state index contributed by atoms with van der Waals surface area (Å²) in [5, 5.41) is 0.776. The summed E-state index contributed by atoms with van der Waals surface area (Å²) in [6.45, 7) is 6.97. The third kappa shape index (κ3) is 3.21. The lowest BCUT2D eigenvalue weighted by molar-refractivity contribution is 0.394. The summed E-state index contributed by atoms with van der Waals surface area (Å²) < 4.78 is 5.63. The van der Waals surface area contributed by atoms with E-state index in [4.69, 9.17) is 16.3 Å². The molecule has 1 aromatic rings. The van der Waals surface area contributed by atoms with Crippen LogP contribution in [0.5, 0.6) is 0 Å². The molecule has 0 bridgehead atoms. The van der Waals surface area contributed by atoms with Gasteiger partial charge in [-0.15, -0.1) is 0 Å². The molecule has 1 heterocycles. The summed E-state index contributed by atoms with van der Waals surface area (Å²) in [4.78, 5) is 0. The zero-order valence-electron chi connectivity index (χ0n) is 9.91. The lowest BCUT2D eigenvalue weighted by Crippen LogP contribution is -2.15. The van der Waals surface area contributed by atoms with Crippen molar-refractivity contribution in [2.45, 2.75) is 31.8 Å². The molecule has 2 atom stereocenters. The van der Waals surface area contributed by atoms with Gasteiger partial charge in [-0.05, 0) is 17.7 Å². The minimum absolute atomic E-state index is 0.241. The van der Waals surface area contributed by atoms with Crippen molar-refractivity contribution >= 4 is 19.7 Å². The fourth-order valence-electron chi connectivity index (χ4n) is 1.57. The van der Waals surface area contributed by atoms with Gasteiger partial charge in [0.2, 0.25) is 0 Å². The first-order valence-electron chi connectivity index (χ1n) is 5.56. The molecule has 0 amide bonds. The van der Waals surface area contributed by atoms with E-state index in [1.165, 1.54) is 5.56 Å². The smallest absolute Gasteiger partial charge is 0.113 e. The summed E-state index contributed by atoms with van der Waals surface area (Å²) in [6.07, 6.45) is 2.73. The maximum absolute atomic E-state index is 5.84. The first kappa shape index (κ1) is 11.9. The van der Waals surface area contributed by atoms with Crippen molar-refractivity contribution in [3.63, 3.8) is 0 Å². The molecular weight excluding hydrogens is 236 g/mol. The minimum Gasteiger partial charge on any atom is -0.360 e. The molecule has 1 fully saturated rings. The molecule has 0 aliphatic carbocycles. The summed E-state index contributed by atoms with van der Waals surface area (Å²) >= 11 is 5.84. The van der Waals surface area contributed by atoms with E-state index in [1.807, 2.05) is 24.3 Å². The van der Waals surface area contributed by atoms with E-state index in [0.717, 1.165) is 5.02 Å². The van der Waals surface area contributed by atoms with E-state index in [1.54, 1.807) is 0 Å². The molecule has 16 heavy (non-hydrogen) atoms. The van der Waals surface area contributed by atoms with Gasteiger partial charge in [0, 0.05) is 5.02 Å². The monoisotopic (exact) mass is 252 g/mol. The maximum atomic E-state index is 5.84. The Balaban J connectivity index is 1.97. The standard InChI is InChI=1S/C13H17ClOSi/c1-16(2,3)9-8-12-13(15-12)10-4-6-11(14)7-5-10/h4-9,12-13H,1-3H3/b9-8+/t12-,13+/m0/s1. The lowest BCUT2D eigenvalue weighted by atomic mass is 10.1. The first-order chi connectivity index (χ1) is 7.46. The highest BCUT2D eigenvalue weighted by Gasteiger charge is 2.37. The highest BCUT2D eigenvalue weighted by Crippen LogP contribution is 2.40. The third-order valence-electron chi connectivity index (χ3n) is 2.51. The number of benzene rings is 1. The van der Waals surface area contributed by atoms with Crippen LogP contribution in [0.4, 0.5) is 0 Å². The van der Waals surface area contributed by atoms with Crippen molar-refractivity contribution in [1.82, 2.24) is 0 Å². The molecule has 3 heteroatoms. The molecule has 1 aromatic carbocycles. The quantitative estimate of drug-likeness (QED) is 0.580. The van der Waals surface area contributed by atoms with Gasteiger partial charge >= 0.3 is 0 Å². The van der Waals surface area contributed by atoms with Crippen molar-refractivity contribution in [3.05, 3.63) is 46.6 Å². The van der Waals surface area contributed by atoms with Gasteiger partial charge in [0.1, 0.15) is 12.2 Å². The average Bonchev–Trinajstić information content (AvgIpc) is 2.94. The van der Waals surface area contributed by atoms with Crippen LogP contribution < -0.4 is 0 Å². The van der Waals surface area contributed by atoms with Crippen LogP contribution in [-0.2, 0) is 4.74 Å². The third-order valence-corrected chi connectivity index (χ3v) is 3.95. The SMILES string of the molecule is C[Si](C)(C)/C=C/[C@@H]1O[C@@H]1c1ccc(Cl)cc1. The number of ether oxygens (including phenoxy) is 1. The largest absolute Gasteiger partial charge is 0.360 e. The molecule has 0 radical (unpaired) electrons. The van der Waals surface area contributed by atoms with E-state index < -0.39 is 8.07 Å². The molecule has 1 aliphatic heterocycles. The molecule has 0 N–H and O–H groups in total. The Morgan fingerprint density at radius 2 is 1.81 bits per heavy atom. The zero-order chi connectivity index (χ0) is 11.8. The molecule has 1 nitrogen and oxygen atoms in total.